The van der Waals surface area contributed by atoms with Crippen LogP contribution in [0.4, 0.5) is 0 Å². The second-order valence-corrected chi connectivity index (χ2v) is 7.07. The average molecular weight is 365 g/mol. The van der Waals surface area contributed by atoms with Gasteiger partial charge in [-0.3, -0.25) is 0 Å². The highest BCUT2D eigenvalue weighted by Gasteiger charge is 2.05. The van der Waals surface area contributed by atoms with Crippen LogP contribution < -0.4 is 10.6 Å². The molecule has 0 aliphatic carbocycles. The molecule has 1 rings (SSSR count). The number of hydrogen-bond acceptors (Lipinski definition) is 3. The normalized spacial score (nSPS) is 11.8. The number of rotatable bonds is 14. The van der Waals surface area contributed by atoms with Crippen molar-refractivity contribution in [2.24, 2.45) is 12.0 Å². The zero-order valence-corrected chi connectivity index (χ0v) is 17.5. The highest BCUT2D eigenvalue weighted by molar-refractivity contribution is 5.79. The summed E-state index contributed by atoms with van der Waals surface area (Å²) in [7, 11) is 1.98. The maximum absolute atomic E-state index is 4.68. The lowest BCUT2D eigenvalue weighted by Gasteiger charge is -2.12. The summed E-state index contributed by atoms with van der Waals surface area (Å²) in [6.07, 6.45) is 13.1. The predicted molar refractivity (Wildman–Crippen MR) is 110 cm³/mol. The van der Waals surface area contributed by atoms with Gasteiger partial charge in [-0.05, 0) is 19.8 Å². The number of aryl methyl sites for hydroxylation is 1. The van der Waals surface area contributed by atoms with Gasteiger partial charge in [0.1, 0.15) is 12.4 Å². The summed E-state index contributed by atoms with van der Waals surface area (Å²) in [6, 6.07) is 0. The number of aliphatic imine (C=N–C) groups is 1. The number of nitrogens with zero attached hydrogens (tertiary/aromatic N) is 4. The van der Waals surface area contributed by atoms with Crippen LogP contribution in [-0.4, -0.2) is 33.8 Å². The van der Waals surface area contributed by atoms with Crippen LogP contribution in [0.2, 0.25) is 0 Å². The Morgan fingerprint density at radius 1 is 0.846 bits per heavy atom. The Kier molecular flexibility index (Phi) is 12.6. The molecule has 0 aliphatic heterocycles. The summed E-state index contributed by atoms with van der Waals surface area (Å²) < 4.78 is 1.99. The lowest BCUT2D eigenvalue weighted by molar-refractivity contribution is 0.571. The SMILES string of the molecule is CCCCCCCCCCNC(=NCc1nnc(C)n1C)NCCCC. The Balaban J connectivity index is 2.29. The fourth-order valence-corrected chi connectivity index (χ4v) is 2.76. The van der Waals surface area contributed by atoms with Crippen molar-refractivity contribution in [3.63, 3.8) is 0 Å². The molecule has 0 aliphatic rings. The average Bonchev–Trinajstić information content (AvgIpc) is 2.96. The van der Waals surface area contributed by atoms with Gasteiger partial charge in [-0.1, -0.05) is 65.2 Å². The van der Waals surface area contributed by atoms with E-state index in [-0.39, 0.29) is 0 Å². The smallest absolute Gasteiger partial charge is 0.191 e. The zero-order valence-electron chi connectivity index (χ0n) is 17.5. The van der Waals surface area contributed by atoms with Crippen LogP contribution in [0.3, 0.4) is 0 Å². The fourth-order valence-electron chi connectivity index (χ4n) is 2.76. The van der Waals surface area contributed by atoms with Gasteiger partial charge in [-0.15, -0.1) is 10.2 Å². The van der Waals surface area contributed by atoms with E-state index in [2.05, 4.69) is 39.7 Å². The van der Waals surface area contributed by atoms with Crippen LogP contribution in [0.25, 0.3) is 0 Å². The molecule has 150 valence electrons. The van der Waals surface area contributed by atoms with E-state index in [1.807, 2.05) is 18.5 Å². The van der Waals surface area contributed by atoms with Crippen molar-refractivity contribution in [2.45, 2.75) is 91.5 Å². The van der Waals surface area contributed by atoms with Gasteiger partial charge in [-0.25, -0.2) is 4.99 Å². The van der Waals surface area contributed by atoms with Gasteiger partial charge in [0.05, 0.1) is 0 Å². The molecule has 0 saturated heterocycles. The summed E-state index contributed by atoms with van der Waals surface area (Å²) >= 11 is 0. The van der Waals surface area contributed by atoms with E-state index in [1.54, 1.807) is 0 Å². The Labute approximate surface area is 160 Å². The van der Waals surface area contributed by atoms with E-state index in [0.717, 1.165) is 37.1 Å². The molecule has 6 nitrogen and oxygen atoms in total. The Hall–Kier alpha value is -1.59. The molecule has 0 saturated carbocycles. The quantitative estimate of drug-likeness (QED) is 0.296. The first-order chi connectivity index (χ1) is 12.7. The first-order valence-electron chi connectivity index (χ1n) is 10.6. The molecule has 6 heteroatoms. The highest BCUT2D eigenvalue weighted by atomic mass is 15.3. The van der Waals surface area contributed by atoms with Crippen molar-refractivity contribution in [3.05, 3.63) is 11.6 Å². The molecule has 0 fully saturated rings. The molecule has 0 amide bonds. The zero-order chi connectivity index (χ0) is 19.0. The topological polar surface area (TPSA) is 67.1 Å². The van der Waals surface area contributed by atoms with Gasteiger partial charge in [0.15, 0.2) is 11.8 Å². The molecule has 1 aromatic rings. The summed E-state index contributed by atoms with van der Waals surface area (Å²) in [5, 5.41) is 15.2. The van der Waals surface area contributed by atoms with E-state index in [0.29, 0.717) is 6.54 Å². The monoisotopic (exact) mass is 364 g/mol. The number of nitrogens with one attached hydrogen (secondary N) is 2. The van der Waals surface area contributed by atoms with Crippen LogP contribution in [-0.2, 0) is 13.6 Å². The Morgan fingerprint density at radius 2 is 1.42 bits per heavy atom. The minimum atomic E-state index is 0.552. The van der Waals surface area contributed by atoms with Gasteiger partial charge >= 0.3 is 0 Å². The van der Waals surface area contributed by atoms with Crippen molar-refractivity contribution in [1.82, 2.24) is 25.4 Å². The lowest BCUT2D eigenvalue weighted by atomic mass is 10.1. The summed E-state index contributed by atoms with van der Waals surface area (Å²) in [4.78, 5) is 4.68. The van der Waals surface area contributed by atoms with E-state index in [4.69, 9.17) is 0 Å². The Morgan fingerprint density at radius 3 is 2.00 bits per heavy atom. The largest absolute Gasteiger partial charge is 0.356 e. The molecule has 0 aromatic carbocycles. The maximum Gasteiger partial charge on any atom is 0.191 e. The fraction of sp³-hybridized carbons (Fsp3) is 0.850. The standard InChI is InChI=1S/C20H40N6/c1-5-7-9-10-11-12-13-14-16-22-20(21-15-8-6-2)23-17-19-25-24-18(3)26(19)4/h5-17H2,1-4H3,(H2,21,22,23). The Bertz CT molecular complexity index is 494. The van der Waals surface area contributed by atoms with Gasteiger partial charge in [-0.2, -0.15) is 0 Å². The van der Waals surface area contributed by atoms with Crippen LogP contribution in [0, 0.1) is 6.92 Å². The number of hydrogen-bond donors (Lipinski definition) is 2. The molecule has 0 atom stereocenters. The number of guanidine groups is 1. The van der Waals surface area contributed by atoms with Crippen LogP contribution in [0.15, 0.2) is 4.99 Å². The minimum absolute atomic E-state index is 0.552. The minimum Gasteiger partial charge on any atom is -0.356 e. The molecule has 26 heavy (non-hydrogen) atoms. The first-order valence-corrected chi connectivity index (χ1v) is 10.6. The summed E-state index contributed by atoms with van der Waals surface area (Å²) in [6.45, 7) is 8.92. The highest BCUT2D eigenvalue weighted by Crippen LogP contribution is 2.07. The van der Waals surface area contributed by atoms with Crippen LogP contribution >= 0.6 is 0 Å². The van der Waals surface area contributed by atoms with Crippen molar-refractivity contribution in [2.75, 3.05) is 13.1 Å². The molecule has 2 N–H and O–H groups in total. The molecule has 0 bridgehead atoms. The first kappa shape index (κ1) is 22.5. The van der Waals surface area contributed by atoms with Crippen molar-refractivity contribution in [3.8, 4) is 0 Å². The molecule has 1 heterocycles. The maximum atomic E-state index is 4.68. The second kappa shape index (κ2) is 14.6. The van der Waals surface area contributed by atoms with Gasteiger partial charge in [0.2, 0.25) is 0 Å². The third kappa shape index (κ3) is 9.78. The molecular weight excluding hydrogens is 324 g/mol. The van der Waals surface area contributed by atoms with E-state index in [9.17, 15) is 0 Å². The third-order valence-corrected chi connectivity index (χ3v) is 4.71. The predicted octanol–water partition coefficient (Wildman–Crippen LogP) is 4.10. The molecule has 1 aromatic heterocycles. The second-order valence-electron chi connectivity index (χ2n) is 7.07. The molecule has 0 radical (unpaired) electrons. The molecule has 0 unspecified atom stereocenters. The van der Waals surface area contributed by atoms with E-state index in [1.165, 1.54) is 57.8 Å². The lowest BCUT2D eigenvalue weighted by Crippen LogP contribution is -2.38. The van der Waals surface area contributed by atoms with E-state index >= 15 is 0 Å². The van der Waals surface area contributed by atoms with Gasteiger partial charge in [0.25, 0.3) is 0 Å². The van der Waals surface area contributed by atoms with Crippen molar-refractivity contribution < 1.29 is 0 Å². The third-order valence-electron chi connectivity index (χ3n) is 4.71. The van der Waals surface area contributed by atoms with Crippen molar-refractivity contribution >= 4 is 5.96 Å². The summed E-state index contributed by atoms with van der Waals surface area (Å²) in [5.41, 5.74) is 0. The van der Waals surface area contributed by atoms with Crippen LogP contribution in [0.5, 0.6) is 0 Å². The van der Waals surface area contributed by atoms with E-state index < -0.39 is 0 Å². The molecular formula is C20H40N6. The number of aromatic nitrogens is 3. The summed E-state index contributed by atoms with van der Waals surface area (Å²) in [5.74, 6) is 2.70. The van der Waals surface area contributed by atoms with Gasteiger partial charge in [0, 0.05) is 20.1 Å². The van der Waals surface area contributed by atoms with Gasteiger partial charge < -0.3 is 15.2 Å². The number of unbranched alkanes of at least 4 members (excludes halogenated alkanes) is 8. The van der Waals surface area contributed by atoms with Crippen molar-refractivity contribution in [1.29, 1.82) is 0 Å². The van der Waals surface area contributed by atoms with Crippen LogP contribution in [0.1, 0.15) is 89.7 Å². The molecule has 0 spiro atoms.